The van der Waals surface area contributed by atoms with E-state index in [1.54, 1.807) is 6.08 Å². The molecule has 6 N–H and O–H groups in total. The first-order valence-corrected chi connectivity index (χ1v) is 39.7. The number of esters is 1. The number of carbonyl (C=O) groups excluding carboxylic acids is 2. The molecule has 0 saturated carbocycles. The van der Waals surface area contributed by atoms with Gasteiger partial charge in [-0.15, -0.1) is 0 Å². The van der Waals surface area contributed by atoms with Crippen LogP contribution < -0.4 is 5.32 Å². The standard InChI is InChI=1S/C82H149NO10/c1-3-5-7-9-11-13-15-17-41-45-48-52-56-60-64-68-75(85)74(73-92-82-81(90)80(89)79(88)76(72-84)93-82)83-77(86)69-65-61-57-53-49-46-42-39-37-35-33-31-29-27-25-23-21-19-18-20-22-24-26-28-30-32-34-36-38-40-43-47-51-55-59-63-67-71-91-78(87)70-66-62-58-54-50-44-16-14-12-10-8-6-4-2/h8,10,14,16,18,20,24,26,48,52,64,68,74-76,79-82,84-85,88-90H,3-7,9,11-13,15,17,19,21-23,25,27-47,49-51,53-63,65-67,69-73H2,1-2H3,(H,83,86)/b10-8-,16-14-,20-18-,26-24-,52-48+,68-64+. The van der Waals surface area contributed by atoms with Crippen LogP contribution in [0.4, 0.5) is 0 Å². The molecule has 1 aliphatic heterocycles. The van der Waals surface area contributed by atoms with Crippen LogP contribution in [0.1, 0.15) is 373 Å². The fourth-order valence-corrected chi connectivity index (χ4v) is 12.3. The van der Waals surface area contributed by atoms with Crippen molar-refractivity contribution in [2.45, 2.75) is 416 Å². The number of carbonyl (C=O) groups is 2. The van der Waals surface area contributed by atoms with Crippen LogP contribution in [0.5, 0.6) is 0 Å². The molecule has 1 heterocycles. The Hall–Kier alpha value is -2.90. The van der Waals surface area contributed by atoms with E-state index in [-0.39, 0.29) is 18.5 Å². The average molecular weight is 1310 g/mol. The number of hydrogen-bond donors (Lipinski definition) is 6. The Morgan fingerprint density at radius 2 is 0.753 bits per heavy atom. The van der Waals surface area contributed by atoms with Crippen LogP contribution in [0, 0.1) is 0 Å². The molecule has 11 nitrogen and oxygen atoms in total. The van der Waals surface area contributed by atoms with Gasteiger partial charge in [0.05, 0.1) is 32.0 Å². The molecule has 7 unspecified atom stereocenters. The van der Waals surface area contributed by atoms with Gasteiger partial charge >= 0.3 is 5.97 Å². The summed E-state index contributed by atoms with van der Waals surface area (Å²) in [6, 6.07) is -0.827. The first kappa shape index (κ1) is 88.1. The zero-order valence-electron chi connectivity index (χ0n) is 60.5. The summed E-state index contributed by atoms with van der Waals surface area (Å²) < 4.78 is 16.8. The summed E-state index contributed by atoms with van der Waals surface area (Å²) in [4.78, 5) is 25.2. The Morgan fingerprint density at radius 3 is 1.17 bits per heavy atom. The molecule has 11 heteroatoms. The molecule has 0 aliphatic carbocycles. The second kappa shape index (κ2) is 70.4. The topological polar surface area (TPSA) is 175 Å². The van der Waals surface area contributed by atoms with E-state index in [0.717, 1.165) is 70.6 Å². The number of unbranched alkanes of at least 4 members (excludes halogenated alkanes) is 46. The van der Waals surface area contributed by atoms with Crippen molar-refractivity contribution in [1.82, 2.24) is 5.32 Å². The van der Waals surface area contributed by atoms with E-state index in [1.165, 1.54) is 276 Å². The van der Waals surface area contributed by atoms with E-state index in [0.29, 0.717) is 19.4 Å². The highest BCUT2D eigenvalue weighted by Crippen LogP contribution is 2.23. The highest BCUT2D eigenvalue weighted by molar-refractivity contribution is 5.76. The molecule has 1 rings (SSSR count). The summed E-state index contributed by atoms with van der Waals surface area (Å²) in [5.74, 6) is -0.191. The molecule has 1 saturated heterocycles. The Labute approximate surface area is 572 Å². The Kier molecular flexibility index (Phi) is 66.7. The molecular weight excluding hydrogens is 1160 g/mol. The third kappa shape index (κ3) is 58.9. The first-order chi connectivity index (χ1) is 45.7. The van der Waals surface area contributed by atoms with Crippen LogP contribution in [-0.4, -0.2) is 100 Å². The molecule has 1 amide bonds. The van der Waals surface area contributed by atoms with Gasteiger partial charge in [0.15, 0.2) is 6.29 Å². The number of amides is 1. The second-order valence-corrected chi connectivity index (χ2v) is 27.4. The molecule has 1 aliphatic rings. The van der Waals surface area contributed by atoms with E-state index >= 15 is 0 Å². The molecular formula is C82H149NO10. The van der Waals surface area contributed by atoms with Gasteiger partial charge < -0.3 is 45.1 Å². The maximum absolute atomic E-state index is 13.1. The molecule has 0 aromatic carbocycles. The van der Waals surface area contributed by atoms with Crippen molar-refractivity contribution in [1.29, 1.82) is 0 Å². The highest BCUT2D eigenvalue weighted by Gasteiger charge is 2.44. The van der Waals surface area contributed by atoms with Crippen LogP contribution in [0.3, 0.4) is 0 Å². The van der Waals surface area contributed by atoms with E-state index in [4.69, 9.17) is 14.2 Å². The molecule has 0 radical (unpaired) electrons. The number of nitrogens with one attached hydrogen (secondary N) is 1. The summed E-state index contributed by atoms with van der Waals surface area (Å²) in [6.45, 7) is 4.30. The van der Waals surface area contributed by atoms with Gasteiger partial charge in [-0.25, -0.2) is 0 Å². The second-order valence-electron chi connectivity index (χ2n) is 27.4. The zero-order chi connectivity index (χ0) is 67.2. The molecule has 93 heavy (non-hydrogen) atoms. The van der Waals surface area contributed by atoms with Gasteiger partial charge in [0.2, 0.25) is 5.91 Å². The van der Waals surface area contributed by atoms with Crippen molar-refractivity contribution in [3.63, 3.8) is 0 Å². The SMILES string of the molecule is CCC/C=C\C/C=C\CCCCCCCC(=O)OCCCCCCCCCCCCCCC/C=C\C/C=C\CCCCCCCCCCCCCCCCCCCC(=O)NC(COC1OC(CO)C(O)C(O)C1O)C(O)/C=C/CC/C=C/CCCCCCCCCCC. The van der Waals surface area contributed by atoms with E-state index in [9.17, 15) is 35.1 Å². The minimum Gasteiger partial charge on any atom is -0.466 e. The van der Waals surface area contributed by atoms with Crippen molar-refractivity contribution in [2.24, 2.45) is 0 Å². The van der Waals surface area contributed by atoms with Crippen molar-refractivity contribution < 1.29 is 49.3 Å². The lowest BCUT2D eigenvalue weighted by atomic mass is 9.99. The quantitative estimate of drug-likeness (QED) is 0.0195. The molecule has 1 fully saturated rings. The number of aliphatic hydroxyl groups is 5. The smallest absolute Gasteiger partial charge is 0.305 e. The zero-order valence-corrected chi connectivity index (χ0v) is 60.5. The Balaban J connectivity index is 1.94. The highest BCUT2D eigenvalue weighted by atomic mass is 16.7. The number of rotatable bonds is 70. The van der Waals surface area contributed by atoms with Gasteiger partial charge in [0.25, 0.3) is 0 Å². The molecule has 7 atom stereocenters. The molecule has 542 valence electrons. The Morgan fingerprint density at radius 1 is 0.398 bits per heavy atom. The fourth-order valence-electron chi connectivity index (χ4n) is 12.3. The first-order valence-electron chi connectivity index (χ1n) is 39.7. The molecule has 0 aromatic rings. The number of ether oxygens (including phenoxy) is 3. The maximum Gasteiger partial charge on any atom is 0.305 e. The van der Waals surface area contributed by atoms with Crippen molar-refractivity contribution in [3.8, 4) is 0 Å². The molecule has 0 spiro atoms. The lowest BCUT2D eigenvalue weighted by Crippen LogP contribution is -2.60. The van der Waals surface area contributed by atoms with Crippen molar-refractivity contribution in [3.05, 3.63) is 72.9 Å². The van der Waals surface area contributed by atoms with Crippen LogP contribution in [-0.2, 0) is 23.8 Å². The average Bonchev–Trinajstić information content (AvgIpc) is 0.930. The lowest BCUT2D eigenvalue weighted by Gasteiger charge is -2.40. The fraction of sp³-hybridized carbons (Fsp3) is 0.829. The van der Waals surface area contributed by atoms with Gasteiger partial charge in [0.1, 0.15) is 24.4 Å². The summed E-state index contributed by atoms with van der Waals surface area (Å²) in [7, 11) is 0. The summed E-state index contributed by atoms with van der Waals surface area (Å²) in [5, 5.41) is 54.6. The largest absolute Gasteiger partial charge is 0.466 e. The predicted octanol–water partition coefficient (Wildman–Crippen LogP) is 21.4. The maximum atomic E-state index is 13.1. The van der Waals surface area contributed by atoms with Gasteiger partial charge in [-0.2, -0.15) is 0 Å². The van der Waals surface area contributed by atoms with Gasteiger partial charge in [-0.05, 0) is 103 Å². The predicted molar refractivity (Wildman–Crippen MR) is 393 cm³/mol. The Bertz CT molecular complexity index is 1780. The summed E-state index contributed by atoms with van der Waals surface area (Å²) >= 11 is 0. The molecule has 0 bridgehead atoms. The third-order valence-electron chi connectivity index (χ3n) is 18.5. The number of allylic oxidation sites excluding steroid dienone is 11. The van der Waals surface area contributed by atoms with Crippen LogP contribution in [0.2, 0.25) is 0 Å². The normalized spacial score (nSPS) is 17.9. The minimum atomic E-state index is -1.58. The van der Waals surface area contributed by atoms with E-state index in [1.807, 2.05) is 6.08 Å². The van der Waals surface area contributed by atoms with Gasteiger partial charge in [0, 0.05) is 12.8 Å². The van der Waals surface area contributed by atoms with Gasteiger partial charge in [-0.1, -0.05) is 331 Å². The monoisotopic (exact) mass is 1310 g/mol. The van der Waals surface area contributed by atoms with E-state index < -0.39 is 49.5 Å². The van der Waals surface area contributed by atoms with Crippen LogP contribution in [0.25, 0.3) is 0 Å². The number of aliphatic hydroxyl groups excluding tert-OH is 5. The van der Waals surface area contributed by atoms with Crippen molar-refractivity contribution in [2.75, 3.05) is 19.8 Å². The minimum absolute atomic E-state index is 0.00317. The summed E-state index contributed by atoms with van der Waals surface area (Å²) in [5.41, 5.74) is 0. The van der Waals surface area contributed by atoms with Crippen molar-refractivity contribution >= 4 is 11.9 Å². The third-order valence-corrected chi connectivity index (χ3v) is 18.5. The summed E-state index contributed by atoms with van der Waals surface area (Å²) in [6.07, 6.45) is 86.4. The van der Waals surface area contributed by atoms with Crippen LogP contribution in [0.15, 0.2) is 72.9 Å². The number of hydrogen-bond acceptors (Lipinski definition) is 10. The van der Waals surface area contributed by atoms with E-state index in [2.05, 4.69) is 79.9 Å². The van der Waals surface area contributed by atoms with Gasteiger partial charge in [-0.3, -0.25) is 9.59 Å². The van der Waals surface area contributed by atoms with Crippen LogP contribution >= 0.6 is 0 Å². The molecule has 0 aromatic heterocycles. The lowest BCUT2D eigenvalue weighted by molar-refractivity contribution is -0.302.